The number of nitrogens with zero attached hydrogens (tertiary/aromatic N) is 1. The van der Waals surface area contributed by atoms with Gasteiger partial charge in [-0.25, -0.2) is 4.90 Å². The summed E-state index contributed by atoms with van der Waals surface area (Å²) in [6, 6.07) is 18.8. The molecule has 1 aliphatic rings. The lowest BCUT2D eigenvalue weighted by atomic mass is 10.0. The molecule has 34 heavy (non-hydrogen) atoms. The van der Waals surface area contributed by atoms with Crippen molar-refractivity contribution in [2.45, 2.75) is 47.6 Å². The van der Waals surface area contributed by atoms with Crippen molar-refractivity contribution in [3.05, 3.63) is 94.2 Å². The van der Waals surface area contributed by atoms with Crippen LogP contribution >= 0.6 is 0 Å². The fourth-order valence-electron chi connectivity index (χ4n) is 4.01. The fourth-order valence-corrected chi connectivity index (χ4v) is 4.01. The number of ether oxygens (including phenoxy) is 1. The maximum atomic E-state index is 13.7. The standard InChI is InChI=1S/C29H30N2O3/c1-17(2)34-24-14-11-22(12-15-24)26-27(30-25-9-7-8-19(4)21(25)6)29(33)31(28(26)32)23-13-10-18(3)20(5)16-23/h7-17,30H,1-6H3. The van der Waals surface area contributed by atoms with E-state index in [0.717, 1.165) is 27.9 Å². The molecule has 1 N–H and O–H groups in total. The highest BCUT2D eigenvalue weighted by molar-refractivity contribution is 6.46. The van der Waals surface area contributed by atoms with E-state index in [4.69, 9.17) is 4.74 Å². The predicted molar refractivity (Wildman–Crippen MR) is 137 cm³/mol. The van der Waals surface area contributed by atoms with E-state index in [0.29, 0.717) is 22.6 Å². The number of benzene rings is 3. The van der Waals surface area contributed by atoms with Crippen molar-refractivity contribution < 1.29 is 14.3 Å². The average Bonchev–Trinajstić information content (AvgIpc) is 3.03. The first-order valence-electron chi connectivity index (χ1n) is 11.5. The third-order valence-corrected chi connectivity index (χ3v) is 6.21. The third-order valence-electron chi connectivity index (χ3n) is 6.21. The van der Waals surface area contributed by atoms with Crippen LogP contribution in [0.3, 0.4) is 0 Å². The van der Waals surface area contributed by atoms with Gasteiger partial charge in [0.1, 0.15) is 11.4 Å². The van der Waals surface area contributed by atoms with Crippen molar-refractivity contribution in [3.63, 3.8) is 0 Å². The summed E-state index contributed by atoms with van der Waals surface area (Å²) < 4.78 is 5.75. The summed E-state index contributed by atoms with van der Waals surface area (Å²) in [5.74, 6) is -0.00331. The first-order chi connectivity index (χ1) is 16.2. The Morgan fingerprint density at radius 2 is 1.50 bits per heavy atom. The normalized spacial score (nSPS) is 13.8. The first-order valence-corrected chi connectivity index (χ1v) is 11.5. The molecule has 0 spiro atoms. The van der Waals surface area contributed by atoms with Gasteiger partial charge in [0.05, 0.1) is 17.4 Å². The highest BCUT2D eigenvalue weighted by atomic mass is 16.5. The molecule has 2 amide bonds. The Labute approximate surface area is 201 Å². The SMILES string of the molecule is Cc1ccc(N2C(=O)C(Nc3cccc(C)c3C)=C(c3ccc(OC(C)C)cc3)C2=O)cc1C. The number of carbonyl (C=O) groups is 2. The largest absolute Gasteiger partial charge is 0.491 e. The monoisotopic (exact) mass is 454 g/mol. The lowest BCUT2D eigenvalue weighted by Gasteiger charge is -2.17. The Morgan fingerprint density at radius 1 is 0.794 bits per heavy atom. The summed E-state index contributed by atoms with van der Waals surface area (Å²) in [6.07, 6.45) is 0.0431. The number of hydrogen-bond acceptors (Lipinski definition) is 4. The van der Waals surface area contributed by atoms with Gasteiger partial charge >= 0.3 is 0 Å². The number of aryl methyl sites for hydroxylation is 3. The number of amides is 2. The average molecular weight is 455 g/mol. The van der Waals surface area contributed by atoms with Gasteiger partial charge in [-0.05, 0) is 99.7 Å². The van der Waals surface area contributed by atoms with Gasteiger partial charge in [0.25, 0.3) is 11.8 Å². The predicted octanol–water partition coefficient (Wildman–Crippen LogP) is 6.10. The Balaban J connectivity index is 1.81. The minimum absolute atomic E-state index is 0.0431. The molecule has 0 aromatic heterocycles. The summed E-state index contributed by atoms with van der Waals surface area (Å²) in [4.78, 5) is 28.6. The second-order valence-electron chi connectivity index (χ2n) is 9.03. The third kappa shape index (κ3) is 4.34. The van der Waals surface area contributed by atoms with Crippen molar-refractivity contribution >= 4 is 28.8 Å². The van der Waals surface area contributed by atoms with Crippen LogP contribution in [0, 0.1) is 27.7 Å². The van der Waals surface area contributed by atoms with Gasteiger partial charge in [-0.1, -0.05) is 30.3 Å². The van der Waals surface area contributed by atoms with Gasteiger partial charge in [-0.15, -0.1) is 0 Å². The second kappa shape index (κ2) is 9.18. The van der Waals surface area contributed by atoms with E-state index in [2.05, 4.69) is 5.32 Å². The molecule has 1 heterocycles. The molecule has 0 saturated heterocycles. The molecule has 5 heteroatoms. The molecular weight excluding hydrogens is 424 g/mol. The molecule has 0 unspecified atom stereocenters. The van der Waals surface area contributed by atoms with Crippen LogP contribution in [0.2, 0.25) is 0 Å². The highest BCUT2D eigenvalue weighted by Crippen LogP contribution is 2.35. The quantitative estimate of drug-likeness (QED) is 0.457. The molecule has 0 fully saturated rings. The molecule has 0 aliphatic carbocycles. The molecular formula is C29H30N2O3. The van der Waals surface area contributed by atoms with Gasteiger partial charge in [-0.2, -0.15) is 0 Å². The van der Waals surface area contributed by atoms with Crippen molar-refractivity contribution in [1.29, 1.82) is 0 Å². The summed E-state index contributed by atoms with van der Waals surface area (Å²) >= 11 is 0. The lowest BCUT2D eigenvalue weighted by molar-refractivity contribution is -0.120. The van der Waals surface area contributed by atoms with E-state index in [9.17, 15) is 9.59 Å². The van der Waals surface area contributed by atoms with Crippen molar-refractivity contribution in [3.8, 4) is 5.75 Å². The smallest absolute Gasteiger partial charge is 0.282 e. The summed E-state index contributed by atoms with van der Waals surface area (Å²) in [5, 5.41) is 3.29. The maximum absolute atomic E-state index is 13.7. The topological polar surface area (TPSA) is 58.6 Å². The summed E-state index contributed by atoms with van der Waals surface area (Å²) in [6.45, 7) is 11.9. The second-order valence-corrected chi connectivity index (χ2v) is 9.03. The van der Waals surface area contributed by atoms with Crippen LogP contribution < -0.4 is 15.0 Å². The Morgan fingerprint density at radius 3 is 2.15 bits per heavy atom. The molecule has 4 rings (SSSR count). The zero-order valence-electron chi connectivity index (χ0n) is 20.5. The lowest BCUT2D eigenvalue weighted by Crippen LogP contribution is -2.32. The van der Waals surface area contributed by atoms with Gasteiger partial charge in [-0.3, -0.25) is 9.59 Å². The van der Waals surface area contributed by atoms with Gasteiger partial charge in [0.2, 0.25) is 0 Å². The number of imide groups is 1. The van der Waals surface area contributed by atoms with Crippen molar-refractivity contribution in [1.82, 2.24) is 0 Å². The van der Waals surface area contributed by atoms with E-state index in [1.54, 1.807) is 0 Å². The van der Waals surface area contributed by atoms with E-state index < -0.39 is 0 Å². The Kier molecular flexibility index (Phi) is 6.29. The number of hydrogen-bond donors (Lipinski definition) is 1. The van der Waals surface area contributed by atoms with Gasteiger partial charge in [0, 0.05) is 5.69 Å². The molecule has 3 aromatic rings. The zero-order chi connectivity index (χ0) is 24.6. The Hall–Kier alpha value is -3.86. The first kappa shape index (κ1) is 23.3. The molecule has 174 valence electrons. The van der Waals surface area contributed by atoms with Crippen LogP contribution in [0.1, 0.15) is 41.7 Å². The van der Waals surface area contributed by atoms with E-state index in [1.165, 1.54) is 4.90 Å². The summed E-state index contributed by atoms with van der Waals surface area (Å²) in [7, 11) is 0. The molecule has 1 aliphatic heterocycles. The molecule has 0 saturated carbocycles. The van der Waals surface area contributed by atoms with Crippen molar-refractivity contribution in [2.75, 3.05) is 10.2 Å². The number of nitrogens with one attached hydrogen (secondary N) is 1. The van der Waals surface area contributed by atoms with Gasteiger partial charge < -0.3 is 10.1 Å². The maximum Gasteiger partial charge on any atom is 0.282 e. The van der Waals surface area contributed by atoms with Crippen molar-refractivity contribution in [2.24, 2.45) is 0 Å². The van der Waals surface area contributed by atoms with Crippen LogP contribution in [0.5, 0.6) is 5.75 Å². The van der Waals surface area contributed by atoms with Crippen LogP contribution in [-0.4, -0.2) is 17.9 Å². The van der Waals surface area contributed by atoms with Crippen LogP contribution in [0.4, 0.5) is 11.4 Å². The number of rotatable bonds is 6. The summed E-state index contributed by atoms with van der Waals surface area (Å²) in [5.41, 5.74) is 6.90. The van der Waals surface area contributed by atoms with Crippen LogP contribution in [0.15, 0.2) is 66.4 Å². The van der Waals surface area contributed by atoms with E-state index in [1.807, 2.05) is 102 Å². The molecule has 3 aromatic carbocycles. The molecule has 0 bridgehead atoms. The zero-order valence-corrected chi connectivity index (χ0v) is 20.5. The number of carbonyl (C=O) groups excluding carboxylic acids is 2. The van der Waals surface area contributed by atoms with Gasteiger partial charge in [0.15, 0.2) is 0 Å². The van der Waals surface area contributed by atoms with E-state index in [-0.39, 0.29) is 23.6 Å². The minimum atomic E-state index is -0.369. The molecule has 0 atom stereocenters. The van der Waals surface area contributed by atoms with Crippen LogP contribution in [0.25, 0.3) is 5.57 Å². The Bertz CT molecular complexity index is 1300. The molecule has 5 nitrogen and oxygen atoms in total. The number of anilines is 2. The van der Waals surface area contributed by atoms with E-state index >= 15 is 0 Å². The molecule has 0 radical (unpaired) electrons. The minimum Gasteiger partial charge on any atom is -0.491 e. The fraction of sp³-hybridized carbons (Fsp3) is 0.241. The van der Waals surface area contributed by atoms with Crippen LogP contribution in [-0.2, 0) is 9.59 Å². The highest BCUT2D eigenvalue weighted by Gasteiger charge is 2.40.